The molecule has 2 aliphatic rings. The summed E-state index contributed by atoms with van der Waals surface area (Å²) in [6, 6.07) is 6.13. The molecule has 9 nitrogen and oxygen atoms in total. The quantitative estimate of drug-likeness (QED) is 0.437. The summed E-state index contributed by atoms with van der Waals surface area (Å²) in [6.45, 7) is 4.43. The fourth-order valence-electron chi connectivity index (χ4n) is 5.18. The van der Waals surface area contributed by atoms with E-state index in [2.05, 4.69) is 20.8 Å². The first-order valence-corrected chi connectivity index (χ1v) is 12.3. The summed E-state index contributed by atoms with van der Waals surface area (Å²) >= 11 is 0. The lowest BCUT2D eigenvalue weighted by atomic mass is 9.88. The molecule has 0 bridgehead atoms. The number of rotatable bonds is 9. The SMILES string of the molecule is CCn1nccc1C(=O)N[C@H](C(=O)Nc1ccc(-c2c(C)cnn2C)c(O)c1)C(C1CC1)C1CC1. The first-order valence-electron chi connectivity index (χ1n) is 12.3. The van der Waals surface area contributed by atoms with E-state index in [4.69, 9.17) is 0 Å². The number of carbonyl (C=O) groups is 2. The van der Waals surface area contributed by atoms with Gasteiger partial charge in [-0.25, -0.2) is 0 Å². The third-order valence-corrected chi connectivity index (χ3v) is 7.18. The molecule has 184 valence electrons. The molecule has 3 aromatic rings. The molecule has 0 spiro atoms. The average molecular weight is 477 g/mol. The zero-order chi connectivity index (χ0) is 24.7. The highest BCUT2D eigenvalue weighted by molar-refractivity contribution is 6.01. The Morgan fingerprint density at radius 1 is 1.14 bits per heavy atom. The van der Waals surface area contributed by atoms with Crippen LogP contribution >= 0.6 is 0 Å². The van der Waals surface area contributed by atoms with E-state index < -0.39 is 6.04 Å². The number of aryl methyl sites for hydroxylation is 3. The van der Waals surface area contributed by atoms with Crippen molar-refractivity contribution in [2.24, 2.45) is 24.8 Å². The van der Waals surface area contributed by atoms with Crippen LogP contribution in [0.1, 0.15) is 48.7 Å². The molecular formula is C26H32N6O3. The summed E-state index contributed by atoms with van der Waals surface area (Å²) in [5.41, 5.74) is 3.35. The number of amides is 2. The Morgan fingerprint density at radius 2 is 1.86 bits per heavy atom. The van der Waals surface area contributed by atoms with Gasteiger partial charge in [-0.05, 0) is 81.0 Å². The largest absolute Gasteiger partial charge is 0.507 e. The summed E-state index contributed by atoms with van der Waals surface area (Å²) in [6.07, 6.45) is 7.71. The molecule has 2 aromatic heterocycles. The first-order chi connectivity index (χ1) is 16.9. The number of hydrogen-bond donors (Lipinski definition) is 3. The van der Waals surface area contributed by atoms with E-state index >= 15 is 0 Å². The Balaban J connectivity index is 1.38. The molecule has 9 heteroatoms. The lowest BCUT2D eigenvalue weighted by Crippen LogP contribution is -2.50. The predicted octanol–water partition coefficient (Wildman–Crippen LogP) is 3.49. The Labute approximate surface area is 204 Å². The first kappa shape index (κ1) is 23.1. The number of aromatic hydroxyl groups is 1. The van der Waals surface area contributed by atoms with Crippen molar-refractivity contribution in [3.63, 3.8) is 0 Å². The average Bonchev–Trinajstić information content (AvgIpc) is 3.76. The highest BCUT2D eigenvalue weighted by Gasteiger charge is 2.48. The summed E-state index contributed by atoms with van der Waals surface area (Å²) < 4.78 is 3.34. The number of hydrogen-bond acceptors (Lipinski definition) is 5. The molecule has 0 aliphatic heterocycles. The molecule has 2 fully saturated rings. The van der Waals surface area contributed by atoms with Gasteiger partial charge in [0.2, 0.25) is 5.91 Å². The van der Waals surface area contributed by atoms with Crippen molar-refractivity contribution in [2.45, 2.75) is 52.1 Å². The second kappa shape index (κ2) is 9.20. The zero-order valence-corrected chi connectivity index (χ0v) is 20.4. The summed E-state index contributed by atoms with van der Waals surface area (Å²) in [7, 11) is 1.82. The maximum Gasteiger partial charge on any atom is 0.270 e. The minimum Gasteiger partial charge on any atom is -0.507 e. The summed E-state index contributed by atoms with van der Waals surface area (Å²) in [4.78, 5) is 26.7. The topological polar surface area (TPSA) is 114 Å². The van der Waals surface area contributed by atoms with Gasteiger partial charge in [-0.2, -0.15) is 10.2 Å². The van der Waals surface area contributed by atoms with Gasteiger partial charge in [0.15, 0.2) is 0 Å². The number of anilines is 1. The van der Waals surface area contributed by atoms with Crippen LogP contribution in [0.3, 0.4) is 0 Å². The van der Waals surface area contributed by atoms with Gasteiger partial charge in [0.25, 0.3) is 5.91 Å². The summed E-state index contributed by atoms with van der Waals surface area (Å²) in [5, 5.41) is 25.1. The molecule has 2 saturated carbocycles. The molecule has 1 atom stereocenters. The van der Waals surface area contributed by atoms with E-state index in [1.165, 1.54) is 0 Å². The third kappa shape index (κ3) is 4.67. The van der Waals surface area contributed by atoms with Crippen LogP contribution in [0.15, 0.2) is 36.7 Å². The Hall–Kier alpha value is -3.62. The molecule has 2 heterocycles. The van der Waals surface area contributed by atoms with E-state index in [-0.39, 0.29) is 23.5 Å². The van der Waals surface area contributed by atoms with Gasteiger partial charge in [-0.3, -0.25) is 19.0 Å². The number of benzene rings is 1. The molecule has 3 N–H and O–H groups in total. The Morgan fingerprint density at radius 3 is 2.43 bits per heavy atom. The minimum absolute atomic E-state index is 0.0582. The number of aromatic nitrogens is 4. The molecule has 0 radical (unpaired) electrons. The molecule has 5 rings (SSSR count). The van der Waals surface area contributed by atoms with Gasteiger partial charge in [-0.15, -0.1) is 0 Å². The fourth-order valence-corrected chi connectivity index (χ4v) is 5.18. The van der Waals surface area contributed by atoms with Crippen molar-refractivity contribution in [1.29, 1.82) is 0 Å². The highest BCUT2D eigenvalue weighted by Crippen LogP contribution is 2.51. The predicted molar refractivity (Wildman–Crippen MR) is 132 cm³/mol. The normalized spacial score (nSPS) is 16.3. The minimum atomic E-state index is -0.649. The van der Waals surface area contributed by atoms with E-state index in [9.17, 15) is 14.7 Å². The molecule has 2 amide bonds. The van der Waals surface area contributed by atoms with Crippen LogP contribution in [-0.4, -0.2) is 42.5 Å². The summed E-state index contributed by atoms with van der Waals surface area (Å²) in [5.74, 6) is 0.537. The van der Waals surface area contributed by atoms with Gasteiger partial charge >= 0.3 is 0 Å². The lowest BCUT2D eigenvalue weighted by Gasteiger charge is -2.27. The van der Waals surface area contributed by atoms with E-state index in [1.54, 1.807) is 46.0 Å². The molecule has 0 saturated heterocycles. The standard InChI is InChI=1S/C26H32N6O3/c1-4-32-20(11-12-27-32)25(34)30-23(22(16-5-6-16)17-7-8-17)26(35)29-18-9-10-19(21(33)13-18)24-15(2)14-28-31(24)3/h9-14,16-17,22-23,33H,4-8H2,1-3H3,(H,29,35)(H,30,34)/t23-/m0/s1. The number of phenolic OH excluding ortho intramolecular Hbond substituents is 1. The van der Waals surface area contributed by atoms with Crippen molar-refractivity contribution in [1.82, 2.24) is 24.9 Å². The Kier molecular flexibility index (Phi) is 6.08. The van der Waals surface area contributed by atoms with Crippen LogP contribution < -0.4 is 10.6 Å². The molecule has 2 aliphatic carbocycles. The van der Waals surface area contributed by atoms with Gasteiger partial charge in [0.1, 0.15) is 17.5 Å². The van der Waals surface area contributed by atoms with Crippen molar-refractivity contribution >= 4 is 17.5 Å². The van der Waals surface area contributed by atoms with E-state index in [0.717, 1.165) is 36.9 Å². The van der Waals surface area contributed by atoms with Gasteiger partial charge in [0, 0.05) is 37.1 Å². The maximum absolute atomic E-state index is 13.6. The number of carbonyl (C=O) groups excluding carboxylic acids is 2. The second-order valence-electron chi connectivity index (χ2n) is 9.76. The second-order valence-corrected chi connectivity index (χ2v) is 9.76. The van der Waals surface area contributed by atoms with Crippen molar-refractivity contribution in [3.8, 4) is 17.0 Å². The van der Waals surface area contributed by atoms with Gasteiger partial charge < -0.3 is 15.7 Å². The van der Waals surface area contributed by atoms with Crippen LogP contribution in [0.4, 0.5) is 5.69 Å². The van der Waals surface area contributed by atoms with Crippen molar-refractivity contribution in [2.75, 3.05) is 5.32 Å². The molecule has 0 unspecified atom stereocenters. The van der Waals surface area contributed by atoms with Crippen LogP contribution in [0.2, 0.25) is 0 Å². The highest BCUT2D eigenvalue weighted by atomic mass is 16.3. The number of nitrogens with zero attached hydrogens (tertiary/aromatic N) is 4. The Bertz CT molecular complexity index is 1220. The van der Waals surface area contributed by atoms with Gasteiger partial charge in [-0.1, -0.05) is 0 Å². The molecule has 1 aromatic carbocycles. The van der Waals surface area contributed by atoms with Crippen LogP contribution in [0.5, 0.6) is 5.75 Å². The van der Waals surface area contributed by atoms with Crippen LogP contribution in [0, 0.1) is 24.7 Å². The van der Waals surface area contributed by atoms with E-state index in [1.807, 2.05) is 20.9 Å². The van der Waals surface area contributed by atoms with Crippen LogP contribution in [0.25, 0.3) is 11.3 Å². The van der Waals surface area contributed by atoms with Crippen LogP contribution in [-0.2, 0) is 18.4 Å². The van der Waals surface area contributed by atoms with Gasteiger partial charge in [0.05, 0.1) is 11.9 Å². The van der Waals surface area contributed by atoms with Crippen molar-refractivity contribution in [3.05, 3.63) is 47.9 Å². The fraction of sp³-hybridized carbons (Fsp3) is 0.462. The number of nitrogens with one attached hydrogen (secondary N) is 2. The van der Waals surface area contributed by atoms with Crippen molar-refractivity contribution < 1.29 is 14.7 Å². The number of phenols is 1. The third-order valence-electron chi connectivity index (χ3n) is 7.18. The maximum atomic E-state index is 13.6. The zero-order valence-electron chi connectivity index (χ0n) is 20.4. The molecular weight excluding hydrogens is 444 g/mol. The molecule has 35 heavy (non-hydrogen) atoms. The van der Waals surface area contributed by atoms with E-state index in [0.29, 0.717) is 35.3 Å². The monoisotopic (exact) mass is 476 g/mol. The smallest absolute Gasteiger partial charge is 0.270 e. The lowest BCUT2D eigenvalue weighted by molar-refractivity contribution is -0.119.